The maximum absolute atomic E-state index is 4.47. The number of halogens is 1. The number of benzene rings is 2. The Kier molecular flexibility index (Phi) is 3.85. The van der Waals surface area contributed by atoms with Crippen molar-refractivity contribution < 1.29 is 0 Å². The van der Waals surface area contributed by atoms with E-state index >= 15 is 0 Å². The van der Waals surface area contributed by atoms with Crippen molar-refractivity contribution in [3.63, 3.8) is 0 Å². The van der Waals surface area contributed by atoms with Gasteiger partial charge in [0.05, 0.1) is 0 Å². The molecule has 4 rings (SSSR count). The van der Waals surface area contributed by atoms with Gasteiger partial charge in [-0.05, 0) is 35.4 Å². The van der Waals surface area contributed by atoms with Crippen LogP contribution in [0.5, 0.6) is 0 Å². The third kappa shape index (κ3) is 2.42. The summed E-state index contributed by atoms with van der Waals surface area (Å²) in [6, 6.07) is 16.7. The van der Waals surface area contributed by atoms with Crippen molar-refractivity contribution in [1.29, 1.82) is 0 Å². The number of hydrogen-bond donors (Lipinski definition) is 0. The minimum absolute atomic E-state index is 0.486. The predicted molar refractivity (Wildman–Crippen MR) is 102 cm³/mol. The molecule has 2 heterocycles. The number of hydrogen-bond acceptors (Lipinski definition) is 2. The first kappa shape index (κ1) is 15.3. The van der Waals surface area contributed by atoms with Gasteiger partial charge >= 0.3 is 0 Å². The second-order valence-corrected chi connectivity index (χ2v) is 7.08. The van der Waals surface area contributed by atoms with Crippen LogP contribution in [-0.2, 0) is 0 Å². The molecule has 0 saturated heterocycles. The molecule has 1 unspecified atom stereocenters. The molecule has 0 spiro atoms. The van der Waals surface area contributed by atoms with Gasteiger partial charge in [0.2, 0.25) is 0 Å². The van der Waals surface area contributed by atoms with E-state index in [0.29, 0.717) is 5.92 Å². The normalized spacial score (nSPS) is 12.8. The smallest absolute Gasteiger partial charge is 0.168 e. The molecule has 4 aromatic rings. The lowest BCUT2D eigenvalue weighted by Crippen LogP contribution is -1.99. The lowest BCUT2D eigenvalue weighted by molar-refractivity contribution is 0.734. The van der Waals surface area contributed by atoms with E-state index in [1.54, 1.807) is 0 Å². The van der Waals surface area contributed by atoms with Crippen LogP contribution in [0.4, 0.5) is 0 Å². The van der Waals surface area contributed by atoms with Crippen LogP contribution in [0.2, 0.25) is 0 Å². The van der Waals surface area contributed by atoms with E-state index in [1.165, 1.54) is 10.9 Å². The minimum Gasteiger partial charge on any atom is -0.282 e. The zero-order valence-corrected chi connectivity index (χ0v) is 15.3. The Hall–Kier alpha value is -2.20. The second-order valence-electron chi connectivity index (χ2n) is 6.16. The third-order valence-electron chi connectivity index (χ3n) is 4.69. The molecular weight excluding hydrogens is 362 g/mol. The van der Waals surface area contributed by atoms with Gasteiger partial charge < -0.3 is 0 Å². The maximum atomic E-state index is 4.47. The summed E-state index contributed by atoms with van der Waals surface area (Å²) in [5.41, 5.74) is 3.32. The van der Waals surface area contributed by atoms with E-state index in [9.17, 15) is 0 Å². The van der Waals surface area contributed by atoms with E-state index in [0.717, 1.165) is 33.3 Å². The molecule has 4 heteroatoms. The Morgan fingerprint density at radius 3 is 2.42 bits per heavy atom. The standard InChI is InChI=1S/C20H18BrN3/c1-3-13(2)18-12-24-19(14-8-10-15(21)11-9-14)22-23-20(24)17-7-5-4-6-16(17)18/h4-13H,3H2,1-2H3. The molecule has 0 aliphatic carbocycles. The summed E-state index contributed by atoms with van der Waals surface area (Å²) in [5.74, 6) is 1.37. The van der Waals surface area contributed by atoms with Crippen LogP contribution in [0.3, 0.4) is 0 Å². The topological polar surface area (TPSA) is 30.2 Å². The van der Waals surface area contributed by atoms with Crippen molar-refractivity contribution in [1.82, 2.24) is 14.6 Å². The van der Waals surface area contributed by atoms with E-state index < -0.39 is 0 Å². The highest BCUT2D eigenvalue weighted by atomic mass is 79.9. The quantitative estimate of drug-likeness (QED) is 0.448. The largest absolute Gasteiger partial charge is 0.282 e. The monoisotopic (exact) mass is 379 g/mol. The first-order valence-corrected chi connectivity index (χ1v) is 9.00. The van der Waals surface area contributed by atoms with Crippen molar-refractivity contribution in [2.45, 2.75) is 26.2 Å². The molecule has 0 amide bonds. The summed E-state index contributed by atoms with van der Waals surface area (Å²) in [6.45, 7) is 4.50. The average Bonchev–Trinajstić information content (AvgIpc) is 3.05. The molecule has 0 radical (unpaired) electrons. The molecule has 2 aromatic carbocycles. The average molecular weight is 380 g/mol. The Balaban J connectivity index is 2.05. The molecule has 1 atom stereocenters. The van der Waals surface area contributed by atoms with E-state index in [1.807, 2.05) is 12.1 Å². The zero-order valence-electron chi connectivity index (χ0n) is 13.7. The summed E-state index contributed by atoms with van der Waals surface area (Å²) in [7, 11) is 0. The van der Waals surface area contributed by atoms with Gasteiger partial charge in [-0.3, -0.25) is 4.40 Å². The molecule has 24 heavy (non-hydrogen) atoms. The highest BCUT2D eigenvalue weighted by Crippen LogP contribution is 2.32. The molecule has 0 N–H and O–H groups in total. The molecular formula is C20H18BrN3. The summed E-state index contributed by atoms with van der Waals surface area (Å²) in [5, 5.41) is 11.4. The van der Waals surface area contributed by atoms with Crippen molar-refractivity contribution in [2.24, 2.45) is 0 Å². The van der Waals surface area contributed by atoms with E-state index in [4.69, 9.17) is 0 Å². The molecule has 0 aliphatic rings. The van der Waals surface area contributed by atoms with Crippen LogP contribution < -0.4 is 0 Å². The summed E-state index contributed by atoms with van der Waals surface area (Å²) in [4.78, 5) is 0. The lowest BCUT2D eigenvalue weighted by atomic mass is 9.95. The fourth-order valence-electron chi connectivity index (χ4n) is 3.14. The van der Waals surface area contributed by atoms with Gasteiger partial charge in [-0.15, -0.1) is 10.2 Å². The van der Waals surface area contributed by atoms with Gasteiger partial charge in [-0.1, -0.05) is 66.2 Å². The molecule has 0 aliphatic heterocycles. The summed E-state index contributed by atoms with van der Waals surface area (Å²) in [6.07, 6.45) is 3.31. The van der Waals surface area contributed by atoms with Crippen molar-refractivity contribution in [3.05, 3.63) is 64.8 Å². The van der Waals surface area contributed by atoms with Crippen LogP contribution in [0.1, 0.15) is 31.7 Å². The van der Waals surface area contributed by atoms with Gasteiger partial charge in [0.25, 0.3) is 0 Å². The van der Waals surface area contributed by atoms with Crippen LogP contribution in [0, 0.1) is 0 Å². The molecule has 120 valence electrons. The maximum Gasteiger partial charge on any atom is 0.168 e. The van der Waals surface area contributed by atoms with E-state index in [-0.39, 0.29) is 0 Å². The number of fused-ring (bicyclic) bond motifs is 3. The van der Waals surface area contributed by atoms with Crippen molar-refractivity contribution in [2.75, 3.05) is 0 Å². The lowest BCUT2D eigenvalue weighted by Gasteiger charge is -2.14. The Morgan fingerprint density at radius 2 is 1.71 bits per heavy atom. The van der Waals surface area contributed by atoms with Gasteiger partial charge in [0.15, 0.2) is 11.5 Å². The van der Waals surface area contributed by atoms with Crippen molar-refractivity contribution in [3.8, 4) is 11.4 Å². The second kappa shape index (κ2) is 6.02. The number of nitrogens with zero attached hydrogens (tertiary/aromatic N) is 3. The Labute approximate surface area is 149 Å². The zero-order chi connectivity index (χ0) is 16.7. The van der Waals surface area contributed by atoms with Crippen LogP contribution in [0.15, 0.2) is 59.2 Å². The number of pyridine rings is 1. The van der Waals surface area contributed by atoms with Gasteiger partial charge in [-0.2, -0.15) is 0 Å². The minimum atomic E-state index is 0.486. The number of aromatic nitrogens is 3. The van der Waals surface area contributed by atoms with E-state index in [2.05, 4.69) is 87.0 Å². The van der Waals surface area contributed by atoms with Crippen LogP contribution in [-0.4, -0.2) is 14.6 Å². The van der Waals surface area contributed by atoms with Crippen LogP contribution >= 0.6 is 15.9 Å². The SMILES string of the molecule is CCC(C)c1cn2c(-c3ccc(Br)cc3)nnc2c2ccccc12. The Morgan fingerprint density at radius 1 is 1.00 bits per heavy atom. The third-order valence-corrected chi connectivity index (χ3v) is 5.22. The van der Waals surface area contributed by atoms with Gasteiger partial charge in [-0.25, -0.2) is 0 Å². The van der Waals surface area contributed by atoms with Crippen LogP contribution in [0.25, 0.3) is 27.8 Å². The first-order chi connectivity index (χ1) is 11.7. The van der Waals surface area contributed by atoms with Gasteiger partial charge in [0.1, 0.15) is 0 Å². The molecule has 0 fully saturated rings. The molecule has 2 aromatic heterocycles. The number of rotatable bonds is 3. The predicted octanol–water partition coefficient (Wildman–Crippen LogP) is 5.83. The highest BCUT2D eigenvalue weighted by molar-refractivity contribution is 9.10. The van der Waals surface area contributed by atoms with Crippen molar-refractivity contribution >= 4 is 32.3 Å². The fourth-order valence-corrected chi connectivity index (χ4v) is 3.41. The highest BCUT2D eigenvalue weighted by Gasteiger charge is 2.16. The Bertz CT molecular complexity index is 1020. The summed E-state index contributed by atoms with van der Waals surface area (Å²) < 4.78 is 3.19. The fraction of sp³-hybridized carbons (Fsp3) is 0.200. The molecule has 0 saturated carbocycles. The molecule has 0 bridgehead atoms. The molecule has 3 nitrogen and oxygen atoms in total. The van der Waals surface area contributed by atoms with Gasteiger partial charge in [0, 0.05) is 21.6 Å². The summed E-state index contributed by atoms with van der Waals surface area (Å²) >= 11 is 3.49. The first-order valence-electron chi connectivity index (χ1n) is 8.21.